The number of benzene rings is 1. The average Bonchev–Trinajstić information content (AvgIpc) is 2.73. The van der Waals surface area contributed by atoms with Crippen LogP contribution in [0, 0.1) is 11.8 Å². The van der Waals surface area contributed by atoms with Gasteiger partial charge < -0.3 is 16.0 Å². The van der Waals surface area contributed by atoms with E-state index in [4.69, 9.17) is 0 Å². The van der Waals surface area contributed by atoms with Gasteiger partial charge in [-0.2, -0.15) is 0 Å². The second-order valence-corrected chi connectivity index (χ2v) is 5.54. The van der Waals surface area contributed by atoms with Gasteiger partial charge in [0.2, 0.25) is 5.91 Å². The van der Waals surface area contributed by atoms with E-state index < -0.39 is 0 Å². The zero-order chi connectivity index (χ0) is 13.8. The van der Waals surface area contributed by atoms with E-state index in [0.29, 0.717) is 18.3 Å². The fourth-order valence-electron chi connectivity index (χ4n) is 2.39. The maximum atomic E-state index is 11.3. The second-order valence-electron chi connectivity index (χ2n) is 5.54. The smallest absolute Gasteiger partial charge is 0.228 e. The lowest BCUT2D eigenvalue weighted by Gasteiger charge is -2.21. The highest BCUT2D eigenvalue weighted by molar-refractivity contribution is 5.99. The van der Waals surface area contributed by atoms with Crippen LogP contribution in [0.1, 0.15) is 19.4 Å². The molecule has 0 aliphatic carbocycles. The molecule has 0 spiro atoms. The van der Waals surface area contributed by atoms with E-state index >= 15 is 0 Å². The van der Waals surface area contributed by atoms with Gasteiger partial charge in [-0.25, -0.2) is 0 Å². The third-order valence-corrected chi connectivity index (χ3v) is 3.71. The summed E-state index contributed by atoms with van der Waals surface area (Å²) in [6.45, 7) is 6.44. The predicted octanol–water partition coefficient (Wildman–Crippen LogP) is 2.08. The molecule has 1 unspecified atom stereocenters. The molecule has 1 heterocycles. The lowest BCUT2D eigenvalue weighted by atomic mass is 9.95. The van der Waals surface area contributed by atoms with Gasteiger partial charge in [-0.15, -0.1) is 0 Å². The van der Waals surface area contributed by atoms with Crippen molar-refractivity contribution < 1.29 is 4.79 Å². The summed E-state index contributed by atoms with van der Waals surface area (Å²) in [4.78, 5) is 11.3. The third kappa shape index (κ3) is 3.47. The topological polar surface area (TPSA) is 53.2 Å². The van der Waals surface area contributed by atoms with Gasteiger partial charge in [0, 0.05) is 17.9 Å². The van der Waals surface area contributed by atoms with E-state index in [9.17, 15) is 4.79 Å². The van der Waals surface area contributed by atoms with Crippen LogP contribution in [0.15, 0.2) is 18.2 Å². The number of carbonyl (C=O) groups is 1. The molecule has 0 saturated carbocycles. The molecule has 0 radical (unpaired) electrons. The summed E-state index contributed by atoms with van der Waals surface area (Å²) in [6, 6.07) is 6.08. The molecule has 4 nitrogen and oxygen atoms in total. The van der Waals surface area contributed by atoms with E-state index in [2.05, 4.69) is 35.9 Å². The Bertz CT molecular complexity index is 457. The Hall–Kier alpha value is -1.55. The highest BCUT2D eigenvalue weighted by Gasteiger charge is 2.18. The first-order valence-corrected chi connectivity index (χ1v) is 6.91. The monoisotopic (exact) mass is 261 g/mol. The summed E-state index contributed by atoms with van der Waals surface area (Å²) < 4.78 is 0. The number of amides is 1. The Balaban J connectivity index is 1.96. The average molecular weight is 261 g/mol. The first-order valence-electron chi connectivity index (χ1n) is 6.91. The molecule has 1 aliphatic heterocycles. The zero-order valence-corrected chi connectivity index (χ0v) is 11.9. The number of nitrogens with one attached hydrogen (secondary N) is 3. The summed E-state index contributed by atoms with van der Waals surface area (Å²) >= 11 is 0. The van der Waals surface area contributed by atoms with Gasteiger partial charge in [0.15, 0.2) is 0 Å². The molecule has 1 aromatic carbocycles. The van der Waals surface area contributed by atoms with Crippen molar-refractivity contribution in [1.29, 1.82) is 0 Å². The molecule has 1 aromatic rings. The van der Waals surface area contributed by atoms with Crippen molar-refractivity contribution in [1.82, 2.24) is 5.32 Å². The second kappa shape index (κ2) is 6.06. The van der Waals surface area contributed by atoms with Gasteiger partial charge in [-0.05, 0) is 49.2 Å². The van der Waals surface area contributed by atoms with Crippen LogP contribution in [-0.2, 0) is 11.2 Å². The minimum Gasteiger partial charge on any atom is -0.385 e. The highest BCUT2D eigenvalue weighted by atomic mass is 16.1. The van der Waals surface area contributed by atoms with Crippen LogP contribution in [0.2, 0.25) is 0 Å². The number of fused-ring (bicyclic) bond motifs is 1. The SMILES string of the molecule is CNCC(CNc1ccc2c(c1)CC(=O)N2)C(C)C. The first-order chi connectivity index (χ1) is 9.10. The summed E-state index contributed by atoms with van der Waals surface area (Å²) in [5.74, 6) is 1.32. The Kier molecular flexibility index (Phi) is 4.43. The lowest BCUT2D eigenvalue weighted by Crippen LogP contribution is -2.29. The number of anilines is 2. The largest absolute Gasteiger partial charge is 0.385 e. The van der Waals surface area contributed by atoms with Gasteiger partial charge in [0.25, 0.3) is 0 Å². The molecule has 0 saturated heterocycles. The number of hydrogen-bond acceptors (Lipinski definition) is 3. The Morgan fingerprint density at radius 2 is 2.11 bits per heavy atom. The molecule has 104 valence electrons. The predicted molar refractivity (Wildman–Crippen MR) is 79.5 cm³/mol. The number of rotatable bonds is 6. The minimum atomic E-state index is 0.0855. The Morgan fingerprint density at radius 1 is 1.32 bits per heavy atom. The van der Waals surface area contributed by atoms with Crippen molar-refractivity contribution >= 4 is 17.3 Å². The van der Waals surface area contributed by atoms with Crippen LogP contribution >= 0.6 is 0 Å². The van der Waals surface area contributed by atoms with Gasteiger partial charge in [0.1, 0.15) is 0 Å². The molecule has 3 N–H and O–H groups in total. The molecule has 4 heteroatoms. The third-order valence-electron chi connectivity index (χ3n) is 3.71. The molecule has 0 aromatic heterocycles. The van der Waals surface area contributed by atoms with Crippen molar-refractivity contribution in [3.8, 4) is 0 Å². The zero-order valence-electron chi connectivity index (χ0n) is 11.9. The van der Waals surface area contributed by atoms with E-state index in [0.717, 1.165) is 30.0 Å². The Morgan fingerprint density at radius 3 is 2.79 bits per heavy atom. The van der Waals surface area contributed by atoms with Crippen molar-refractivity contribution in [2.24, 2.45) is 11.8 Å². The van der Waals surface area contributed by atoms with Gasteiger partial charge in [-0.1, -0.05) is 13.8 Å². The fraction of sp³-hybridized carbons (Fsp3) is 0.533. The fourth-order valence-corrected chi connectivity index (χ4v) is 2.39. The van der Waals surface area contributed by atoms with E-state index in [1.807, 2.05) is 19.2 Å². The molecule has 1 amide bonds. The summed E-state index contributed by atoms with van der Waals surface area (Å²) in [6.07, 6.45) is 0.495. The summed E-state index contributed by atoms with van der Waals surface area (Å²) in [5.41, 5.74) is 3.13. The quantitative estimate of drug-likeness (QED) is 0.735. The van der Waals surface area contributed by atoms with Crippen LogP contribution in [-0.4, -0.2) is 26.0 Å². The number of hydrogen-bond donors (Lipinski definition) is 3. The van der Waals surface area contributed by atoms with Crippen LogP contribution in [0.5, 0.6) is 0 Å². The molecular weight excluding hydrogens is 238 g/mol. The maximum Gasteiger partial charge on any atom is 0.228 e. The van der Waals surface area contributed by atoms with E-state index in [1.165, 1.54) is 0 Å². The molecule has 1 aliphatic rings. The van der Waals surface area contributed by atoms with Crippen LogP contribution < -0.4 is 16.0 Å². The number of carbonyl (C=O) groups excluding carboxylic acids is 1. The van der Waals surface area contributed by atoms with Gasteiger partial charge >= 0.3 is 0 Å². The normalized spacial score (nSPS) is 15.3. The van der Waals surface area contributed by atoms with Crippen molar-refractivity contribution in [2.75, 3.05) is 30.8 Å². The Labute approximate surface area is 115 Å². The molecule has 0 fully saturated rings. The van der Waals surface area contributed by atoms with Crippen molar-refractivity contribution in [3.63, 3.8) is 0 Å². The molecule has 19 heavy (non-hydrogen) atoms. The van der Waals surface area contributed by atoms with Crippen LogP contribution in [0.4, 0.5) is 11.4 Å². The molecule has 1 atom stereocenters. The van der Waals surface area contributed by atoms with E-state index in [1.54, 1.807) is 0 Å². The first kappa shape index (κ1) is 13.9. The molecular formula is C15H23N3O. The molecule has 2 rings (SSSR count). The summed E-state index contributed by atoms with van der Waals surface area (Å²) in [7, 11) is 1.99. The molecule has 0 bridgehead atoms. The van der Waals surface area contributed by atoms with Crippen LogP contribution in [0.3, 0.4) is 0 Å². The van der Waals surface area contributed by atoms with Crippen molar-refractivity contribution in [3.05, 3.63) is 23.8 Å². The van der Waals surface area contributed by atoms with Crippen molar-refractivity contribution in [2.45, 2.75) is 20.3 Å². The van der Waals surface area contributed by atoms with Gasteiger partial charge in [-0.3, -0.25) is 4.79 Å². The maximum absolute atomic E-state index is 11.3. The summed E-state index contributed by atoms with van der Waals surface area (Å²) in [5, 5.41) is 9.57. The lowest BCUT2D eigenvalue weighted by molar-refractivity contribution is -0.115. The highest BCUT2D eigenvalue weighted by Crippen LogP contribution is 2.26. The van der Waals surface area contributed by atoms with Gasteiger partial charge in [0.05, 0.1) is 6.42 Å². The van der Waals surface area contributed by atoms with E-state index in [-0.39, 0.29) is 5.91 Å². The van der Waals surface area contributed by atoms with Crippen LogP contribution in [0.25, 0.3) is 0 Å². The standard InChI is InChI=1S/C15H23N3O/c1-10(2)12(8-16-3)9-17-13-4-5-14-11(6-13)7-15(19)18-14/h4-6,10,12,16-17H,7-9H2,1-3H3,(H,18,19). The minimum absolute atomic E-state index is 0.0855.